The van der Waals surface area contributed by atoms with E-state index in [2.05, 4.69) is 13.8 Å². The topological polar surface area (TPSA) is 18.5 Å². The quantitative estimate of drug-likeness (QED) is 0.439. The van der Waals surface area contributed by atoms with E-state index >= 15 is 0 Å². The SMILES string of the molecule is CCCCC(CC)COOC1CCC1. The van der Waals surface area contributed by atoms with Crippen LogP contribution in [0, 0.1) is 5.92 Å². The highest BCUT2D eigenvalue weighted by Gasteiger charge is 2.19. The monoisotopic (exact) mass is 200 g/mol. The van der Waals surface area contributed by atoms with Crippen LogP contribution in [0.2, 0.25) is 0 Å². The van der Waals surface area contributed by atoms with E-state index in [-0.39, 0.29) is 0 Å². The van der Waals surface area contributed by atoms with Gasteiger partial charge in [0.2, 0.25) is 0 Å². The van der Waals surface area contributed by atoms with Gasteiger partial charge in [0.25, 0.3) is 0 Å². The first-order chi connectivity index (χ1) is 6.86. The largest absolute Gasteiger partial charge is 0.236 e. The Hall–Kier alpha value is -0.0800. The molecule has 1 aliphatic carbocycles. The summed E-state index contributed by atoms with van der Waals surface area (Å²) in [6.07, 6.45) is 9.15. The molecule has 0 heterocycles. The van der Waals surface area contributed by atoms with Gasteiger partial charge in [0.1, 0.15) is 0 Å². The molecule has 0 N–H and O–H groups in total. The molecule has 0 bridgehead atoms. The molecule has 0 aromatic rings. The van der Waals surface area contributed by atoms with E-state index in [4.69, 9.17) is 9.78 Å². The third kappa shape index (κ3) is 4.43. The zero-order valence-corrected chi connectivity index (χ0v) is 9.63. The van der Waals surface area contributed by atoms with Crippen molar-refractivity contribution < 1.29 is 9.78 Å². The molecule has 1 fully saturated rings. The Morgan fingerprint density at radius 1 is 1.29 bits per heavy atom. The van der Waals surface area contributed by atoms with Crippen molar-refractivity contribution in [2.24, 2.45) is 5.92 Å². The van der Waals surface area contributed by atoms with Gasteiger partial charge in [0.15, 0.2) is 0 Å². The fourth-order valence-corrected chi connectivity index (χ4v) is 1.60. The molecule has 1 aliphatic rings. The van der Waals surface area contributed by atoms with Gasteiger partial charge in [-0.1, -0.05) is 33.1 Å². The zero-order valence-electron chi connectivity index (χ0n) is 9.63. The predicted octanol–water partition coefficient (Wildman–Crippen LogP) is 3.70. The van der Waals surface area contributed by atoms with E-state index in [1.165, 1.54) is 44.9 Å². The summed E-state index contributed by atoms with van der Waals surface area (Å²) in [7, 11) is 0. The van der Waals surface area contributed by atoms with Gasteiger partial charge in [-0.2, -0.15) is 0 Å². The van der Waals surface area contributed by atoms with Crippen LogP contribution in [-0.4, -0.2) is 12.7 Å². The lowest BCUT2D eigenvalue weighted by Gasteiger charge is -2.24. The minimum absolute atomic E-state index is 0.402. The van der Waals surface area contributed by atoms with E-state index in [1.807, 2.05) is 0 Å². The minimum Gasteiger partial charge on any atom is -0.236 e. The first kappa shape index (κ1) is 12.0. The Labute approximate surface area is 87.9 Å². The molecule has 1 atom stereocenters. The van der Waals surface area contributed by atoms with Crippen molar-refractivity contribution in [1.29, 1.82) is 0 Å². The molecule has 1 unspecified atom stereocenters. The molecular weight excluding hydrogens is 176 g/mol. The first-order valence-corrected chi connectivity index (χ1v) is 6.15. The first-order valence-electron chi connectivity index (χ1n) is 6.15. The van der Waals surface area contributed by atoms with E-state index < -0.39 is 0 Å². The summed E-state index contributed by atoms with van der Waals surface area (Å²) in [4.78, 5) is 10.6. The van der Waals surface area contributed by atoms with E-state index in [1.54, 1.807) is 0 Å². The van der Waals surface area contributed by atoms with Gasteiger partial charge in [-0.25, -0.2) is 9.78 Å². The highest BCUT2D eigenvalue weighted by Crippen LogP contribution is 2.22. The van der Waals surface area contributed by atoms with Crippen LogP contribution in [-0.2, 0) is 9.78 Å². The van der Waals surface area contributed by atoms with E-state index in [0.29, 0.717) is 12.0 Å². The predicted molar refractivity (Wildman–Crippen MR) is 58.0 cm³/mol. The maximum atomic E-state index is 5.29. The van der Waals surface area contributed by atoms with Crippen LogP contribution in [0.4, 0.5) is 0 Å². The third-order valence-corrected chi connectivity index (χ3v) is 3.10. The molecule has 0 radical (unpaired) electrons. The van der Waals surface area contributed by atoms with Crippen LogP contribution < -0.4 is 0 Å². The average molecular weight is 200 g/mol. The Morgan fingerprint density at radius 2 is 2.07 bits per heavy atom. The van der Waals surface area contributed by atoms with Crippen LogP contribution in [0.15, 0.2) is 0 Å². The Morgan fingerprint density at radius 3 is 2.57 bits per heavy atom. The van der Waals surface area contributed by atoms with Crippen LogP contribution in [0.3, 0.4) is 0 Å². The molecule has 0 aromatic heterocycles. The van der Waals surface area contributed by atoms with Crippen LogP contribution in [0.5, 0.6) is 0 Å². The van der Waals surface area contributed by atoms with Crippen molar-refractivity contribution in [2.75, 3.05) is 6.61 Å². The maximum Gasteiger partial charge on any atom is 0.0930 e. The van der Waals surface area contributed by atoms with Crippen molar-refractivity contribution in [3.8, 4) is 0 Å². The van der Waals surface area contributed by atoms with Gasteiger partial charge >= 0.3 is 0 Å². The summed E-state index contributed by atoms with van der Waals surface area (Å²) in [5, 5.41) is 0. The maximum absolute atomic E-state index is 5.29. The standard InChI is InChI=1S/C12H24O2/c1-3-5-7-11(4-2)10-13-14-12-8-6-9-12/h11-12H,3-10H2,1-2H3. The molecule has 14 heavy (non-hydrogen) atoms. The number of unbranched alkanes of at least 4 members (excludes halogenated alkanes) is 1. The van der Waals surface area contributed by atoms with Crippen molar-refractivity contribution in [3.63, 3.8) is 0 Å². The highest BCUT2D eigenvalue weighted by molar-refractivity contribution is 4.67. The molecule has 0 saturated heterocycles. The second-order valence-corrected chi connectivity index (χ2v) is 4.35. The van der Waals surface area contributed by atoms with Gasteiger partial charge in [0.05, 0.1) is 12.7 Å². The normalized spacial score (nSPS) is 19.3. The lowest BCUT2D eigenvalue weighted by atomic mass is 9.97. The van der Waals surface area contributed by atoms with Gasteiger partial charge in [-0.05, 0) is 31.6 Å². The molecule has 0 spiro atoms. The Bertz CT molecular complexity index is 132. The lowest BCUT2D eigenvalue weighted by molar-refractivity contribution is -0.342. The minimum atomic E-state index is 0.402. The number of hydrogen-bond donors (Lipinski definition) is 0. The van der Waals surface area contributed by atoms with Crippen molar-refractivity contribution >= 4 is 0 Å². The summed E-state index contributed by atoms with van der Waals surface area (Å²) in [5.41, 5.74) is 0. The number of hydrogen-bond acceptors (Lipinski definition) is 2. The molecule has 0 aromatic carbocycles. The van der Waals surface area contributed by atoms with Gasteiger partial charge in [-0.15, -0.1) is 0 Å². The molecule has 2 heteroatoms. The van der Waals surface area contributed by atoms with Crippen LogP contribution >= 0.6 is 0 Å². The van der Waals surface area contributed by atoms with Crippen molar-refractivity contribution in [2.45, 2.75) is 64.9 Å². The zero-order chi connectivity index (χ0) is 10.2. The van der Waals surface area contributed by atoms with E-state index in [9.17, 15) is 0 Å². The summed E-state index contributed by atoms with van der Waals surface area (Å²) >= 11 is 0. The number of rotatable bonds is 8. The molecule has 1 saturated carbocycles. The third-order valence-electron chi connectivity index (χ3n) is 3.10. The van der Waals surface area contributed by atoms with Gasteiger partial charge in [-0.3, -0.25) is 0 Å². The fraction of sp³-hybridized carbons (Fsp3) is 1.00. The van der Waals surface area contributed by atoms with Crippen molar-refractivity contribution in [3.05, 3.63) is 0 Å². The van der Waals surface area contributed by atoms with Gasteiger partial charge in [0, 0.05) is 0 Å². The van der Waals surface area contributed by atoms with Crippen LogP contribution in [0.25, 0.3) is 0 Å². The summed E-state index contributed by atoms with van der Waals surface area (Å²) in [6, 6.07) is 0. The molecule has 84 valence electrons. The molecular formula is C12H24O2. The Kier molecular flexibility index (Phi) is 6.20. The Balaban J connectivity index is 1.95. The second kappa shape index (κ2) is 7.24. The average Bonchev–Trinajstić information content (AvgIpc) is 2.14. The van der Waals surface area contributed by atoms with Gasteiger partial charge < -0.3 is 0 Å². The summed E-state index contributed by atoms with van der Waals surface area (Å²) in [5.74, 6) is 0.690. The molecule has 0 aliphatic heterocycles. The second-order valence-electron chi connectivity index (χ2n) is 4.35. The van der Waals surface area contributed by atoms with E-state index in [0.717, 1.165) is 6.61 Å². The summed E-state index contributed by atoms with van der Waals surface area (Å²) in [6.45, 7) is 5.25. The van der Waals surface area contributed by atoms with Crippen molar-refractivity contribution in [1.82, 2.24) is 0 Å². The summed E-state index contributed by atoms with van der Waals surface area (Å²) < 4.78 is 0. The van der Waals surface area contributed by atoms with Crippen LogP contribution in [0.1, 0.15) is 58.8 Å². The fourth-order valence-electron chi connectivity index (χ4n) is 1.60. The molecule has 1 rings (SSSR count). The molecule has 0 amide bonds. The molecule has 2 nitrogen and oxygen atoms in total. The smallest absolute Gasteiger partial charge is 0.0930 e. The highest BCUT2D eigenvalue weighted by atomic mass is 17.2. The lowest BCUT2D eigenvalue weighted by Crippen LogP contribution is -2.23.